The van der Waals surface area contributed by atoms with E-state index in [9.17, 15) is 5.11 Å². The van der Waals surface area contributed by atoms with E-state index in [4.69, 9.17) is 9.47 Å². The highest BCUT2D eigenvalue weighted by molar-refractivity contribution is 5.65. The van der Waals surface area contributed by atoms with Crippen molar-refractivity contribution in [3.8, 4) is 0 Å². The maximum Gasteiger partial charge on any atom is 0.0829 e. The molecule has 24 heavy (non-hydrogen) atoms. The molecule has 0 unspecified atom stereocenters. The molecule has 0 aliphatic carbocycles. The van der Waals surface area contributed by atoms with Crippen molar-refractivity contribution < 1.29 is 14.6 Å². The fourth-order valence-electron chi connectivity index (χ4n) is 2.71. The summed E-state index contributed by atoms with van der Waals surface area (Å²) in [7, 11) is 0. The van der Waals surface area contributed by atoms with Crippen LogP contribution in [0.3, 0.4) is 0 Å². The quantitative estimate of drug-likeness (QED) is 0.850. The van der Waals surface area contributed by atoms with Gasteiger partial charge in [-0.05, 0) is 29.2 Å². The molecule has 1 aliphatic rings. The first kappa shape index (κ1) is 16.8. The molecule has 0 saturated carbocycles. The largest absolute Gasteiger partial charge is 0.390 e. The minimum absolute atomic E-state index is 0.306. The van der Waals surface area contributed by atoms with Crippen LogP contribution in [0.25, 0.3) is 5.57 Å². The maximum absolute atomic E-state index is 10.1. The van der Waals surface area contributed by atoms with Gasteiger partial charge in [0, 0.05) is 18.3 Å². The summed E-state index contributed by atoms with van der Waals surface area (Å²) in [6, 6.07) is 14.0. The van der Waals surface area contributed by atoms with E-state index in [0.717, 1.165) is 29.8 Å². The summed E-state index contributed by atoms with van der Waals surface area (Å²) in [5, 5.41) is 10.1. The Balaban J connectivity index is 1.46. The van der Waals surface area contributed by atoms with Gasteiger partial charge in [0.25, 0.3) is 0 Å². The first-order valence-electron chi connectivity index (χ1n) is 8.33. The third kappa shape index (κ3) is 4.99. The number of hydrogen-bond donors (Lipinski definition) is 1. The standard InChI is InChI=1S/C20H23NO3/c22-20(15-24-14-16-4-2-1-3-5-16)12-19-7-6-18(13-21-19)17-8-10-23-11-9-17/h1-8,13,20,22H,9-12,14-15H2/t20-/m1/s1. The van der Waals surface area contributed by atoms with Gasteiger partial charge in [-0.25, -0.2) is 0 Å². The summed E-state index contributed by atoms with van der Waals surface area (Å²) in [5.41, 5.74) is 4.41. The van der Waals surface area contributed by atoms with Crippen LogP contribution < -0.4 is 0 Å². The number of rotatable bonds is 7. The zero-order valence-electron chi connectivity index (χ0n) is 13.7. The lowest BCUT2D eigenvalue weighted by atomic mass is 10.0. The number of pyridine rings is 1. The molecule has 126 valence electrons. The Kier molecular flexibility index (Phi) is 6.13. The molecule has 1 aromatic heterocycles. The van der Waals surface area contributed by atoms with Gasteiger partial charge >= 0.3 is 0 Å². The molecule has 0 fully saturated rings. The Hall–Kier alpha value is -2.01. The van der Waals surface area contributed by atoms with Gasteiger partial charge in [0.05, 0.1) is 32.5 Å². The van der Waals surface area contributed by atoms with E-state index in [1.165, 1.54) is 5.57 Å². The first-order valence-corrected chi connectivity index (χ1v) is 8.33. The van der Waals surface area contributed by atoms with Gasteiger partial charge in [0.1, 0.15) is 0 Å². The maximum atomic E-state index is 10.1. The average Bonchev–Trinajstić information content (AvgIpc) is 2.64. The highest BCUT2D eigenvalue weighted by Gasteiger charge is 2.10. The fraction of sp³-hybridized carbons (Fsp3) is 0.350. The van der Waals surface area contributed by atoms with Gasteiger partial charge in [-0.15, -0.1) is 0 Å². The lowest BCUT2D eigenvalue weighted by molar-refractivity contribution is 0.0284. The molecule has 2 aromatic rings. The molecule has 0 amide bonds. The van der Waals surface area contributed by atoms with E-state index >= 15 is 0 Å². The van der Waals surface area contributed by atoms with Gasteiger partial charge in [0.2, 0.25) is 0 Å². The molecule has 1 N–H and O–H groups in total. The predicted octanol–water partition coefficient (Wildman–Crippen LogP) is 3.01. The van der Waals surface area contributed by atoms with Crippen molar-refractivity contribution in [2.24, 2.45) is 0 Å². The Labute approximate surface area is 142 Å². The second-order valence-electron chi connectivity index (χ2n) is 5.95. The lowest BCUT2D eigenvalue weighted by Gasteiger charge is -2.14. The Morgan fingerprint density at radius 3 is 2.75 bits per heavy atom. The Morgan fingerprint density at radius 1 is 1.17 bits per heavy atom. The van der Waals surface area contributed by atoms with E-state index in [-0.39, 0.29) is 0 Å². The van der Waals surface area contributed by atoms with Gasteiger partial charge < -0.3 is 14.6 Å². The van der Waals surface area contributed by atoms with Crippen molar-refractivity contribution in [1.29, 1.82) is 0 Å². The number of aromatic nitrogens is 1. The second kappa shape index (κ2) is 8.73. The summed E-state index contributed by atoms with van der Waals surface area (Å²) in [6.07, 6.45) is 4.86. The molecule has 0 spiro atoms. The lowest BCUT2D eigenvalue weighted by Crippen LogP contribution is -2.18. The van der Waals surface area contributed by atoms with Crippen LogP contribution in [-0.2, 0) is 22.5 Å². The van der Waals surface area contributed by atoms with Crippen LogP contribution in [0.4, 0.5) is 0 Å². The van der Waals surface area contributed by atoms with Crippen molar-refractivity contribution in [1.82, 2.24) is 4.98 Å². The van der Waals surface area contributed by atoms with Crippen molar-refractivity contribution in [3.63, 3.8) is 0 Å². The fourth-order valence-corrected chi connectivity index (χ4v) is 2.71. The van der Waals surface area contributed by atoms with Crippen LogP contribution in [-0.4, -0.2) is 36.0 Å². The molecule has 2 heterocycles. The minimum Gasteiger partial charge on any atom is -0.390 e. The van der Waals surface area contributed by atoms with E-state index < -0.39 is 6.10 Å². The average molecular weight is 325 g/mol. The Bertz CT molecular complexity index is 652. The van der Waals surface area contributed by atoms with Crippen LogP contribution in [0, 0.1) is 0 Å². The summed E-state index contributed by atoms with van der Waals surface area (Å²) in [5.74, 6) is 0. The number of aliphatic hydroxyl groups is 1. The molecule has 1 atom stereocenters. The number of nitrogens with zero attached hydrogens (tertiary/aromatic N) is 1. The van der Waals surface area contributed by atoms with Crippen molar-refractivity contribution >= 4 is 5.57 Å². The number of aliphatic hydroxyl groups excluding tert-OH is 1. The Morgan fingerprint density at radius 2 is 2.04 bits per heavy atom. The van der Waals surface area contributed by atoms with Crippen molar-refractivity contribution in [2.75, 3.05) is 19.8 Å². The normalized spacial score (nSPS) is 15.8. The molecular formula is C20H23NO3. The molecule has 0 saturated heterocycles. The van der Waals surface area contributed by atoms with E-state index in [0.29, 0.717) is 26.2 Å². The molecule has 0 radical (unpaired) electrons. The highest BCUT2D eigenvalue weighted by Crippen LogP contribution is 2.20. The number of benzene rings is 1. The molecule has 1 aliphatic heterocycles. The predicted molar refractivity (Wildman–Crippen MR) is 93.5 cm³/mol. The summed E-state index contributed by atoms with van der Waals surface area (Å²) in [6.45, 7) is 2.26. The van der Waals surface area contributed by atoms with E-state index in [2.05, 4.69) is 17.1 Å². The number of ether oxygens (including phenoxy) is 2. The molecule has 0 bridgehead atoms. The summed E-state index contributed by atoms with van der Waals surface area (Å²) >= 11 is 0. The van der Waals surface area contributed by atoms with Gasteiger partial charge in [-0.2, -0.15) is 0 Å². The van der Waals surface area contributed by atoms with E-state index in [1.54, 1.807) is 0 Å². The third-order valence-corrected chi connectivity index (χ3v) is 4.03. The van der Waals surface area contributed by atoms with Crippen LogP contribution in [0.2, 0.25) is 0 Å². The first-order chi connectivity index (χ1) is 11.8. The second-order valence-corrected chi connectivity index (χ2v) is 5.95. The van der Waals surface area contributed by atoms with Gasteiger partial charge in [-0.3, -0.25) is 4.98 Å². The third-order valence-electron chi connectivity index (χ3n) is 4.03. The van der Waals surface area contributed by atoms with Crippen LogP contribution >= 0.6 is 0 Å². The van der Waals surface area contributed by atoms with Crippen LogP contribution in [0.1, 0.15) is 23.2 Å². The zero-order chi connectivity index (χ0) is 16.6. The summed E-state index contributed by atoms with van der Waals surface area (Å²) in [4.78, 5) is 4.46. The van der Waals surface area contributed by atoms with Crippen LogP contribution in [0.15, 0.2) is 54.7 Å². The van der Waals surface area contributed by atoms with Crippen molar-refractivity contribution in [3.05, 3.63) is 71.6 Å². The molecule has 4 heteroatoms. The minimum atomic E-state index is -0.547. The zero-order valence-corrected chi connectivity index (χ0v) is 13.7. The van der Waals surface area contributed by atoms with Crippen LogP contribution in [0.5, 0.6) is 0 Å². The van der Waals surface area contributed by atoms with E-state index in [1.807, 2.05) is 42.6 Å². The molecule has 1 aromatic carbocycles. The monoisotopic (exact) mass is 325 g/mol. The SMILES string of the molecule is O[C@@H](COCc1ccccc1)Cc1ccc(C2=CCOCC2)cn1. The highest BCUT2D eigenvalue weighted by atomic mass is 16.5. The molecular weight excluding hydrogens is 302 g/mol. The molecule has 4 nitrogen and oxygen atoms in total. The van der Waals surface area contributed by atoms with Gasteiger partial charge in [-0.1, -0.05) is 42.5 Å². The van der Waals surface area contributed by atoms with Crippen molar-refractivity contribution in [2.45, 2.75) is 25.6 Å². The number of hydrogen-bond acceptors (Lipinski definition) is 4. The topological polar surface area (TPSA) is 51.6 Å². The smallest absolute Gasteiger partial charge is 0.0829 e. The summed E-state index contributed by atoms with van der Waals surface area (Å²) < 4.78 is 10.9. The molecule has 3 rings (SSSR count). The van der Waals surface area contributed by atoms with Gasteiger partial charge in [0.15, 0.2) is 0 Å².